The van der Waals surface area contributed by atoms with Crippen molar-refractivity contribution in [2.45, 2.75) is 36.6 Å². The Balaban J connectivity index is 1.55. The zero-order valence-corrected chi connectivity index (χ0v) is 14.7. The van der Waals surface area contributed by atoms with Crippen molar-refractivity contribution in [1.82, 2.24) is 9.62 Å². The SMILES string of the molecule is O=S(=O)(NCc1ccc(CN2CCCCC2)cc1)c1cccs1. The molecule has 23 heavy (non-hydrogen) atoms. The summed E-state index contributed by atoms with van der Waals surface area (Å²) in [6.07, 6.45) is 3.94. The Morgan fingerprint density at radius 3 is 2.35 bits per heavy atom. The Morgan fingerprint density at radius 1 is 1.00 bits per heavy atom. The highest BCUT2D eigenvalue weighted by Crippen LogP contribution is 2.17. The number of hydrogen-bond acceptors (Lipinski definition) is 4. The van der Waals surface area contributed by atoms with Crippen molar-refractivity contribution in [1.29, 1.82) is 0 Å². The van der Waals surface area contributed by atoms with Gasteiger partial charge in [-0.3, -0.25) is 4.90 Å². The number of sulfonamides is 1. The van der Waals surface area contributed by atoms with E-state index in [1.165, 1.54) is 49.3 Å². The molecule has 0 spiro atoms. The van der Waals surface area contributed by atoms with Crippen molar-refractivity contribution in [3.8, 4) is 0 Å². The first-order chi connectivity index (χ1) is 11.1. The third-order valence-corrected chi connectivity index (χ3v) is 6.90. The van der Waals surface area contributed by atoms with Crippen LogP contribution in [0.2, 0.25) is 0 Å². The van der Waals surface area contributed by atoms with E-state index < -0.39 is 10.0 Å². The fourth-order valence-electron chi connectivity index (χ4n) is 2.80. The summed E-state index contributed by atoms with van der Waals surface area (Å²) in [6.45, 7) is 3.68. The monoisotopic (exact) mass is 350 g/mol. The molecule has 2 aromatic rings. The lowest BCUT2D eigenvalue weighted by atomic mass is 10.1. The van der Waals surface area contributed by atoms with E-state index >= 15 is 0 Å². The van der Waals surface area contributed by atoms with Crippen LogP contribution in [0.5, 0.6) is 0 Å². The van der Waals surface area contributed by atoms with Crippen LogP contribution in [0, 0.1) is 0 Å². The van der Waals surface area contributed by atoms with E-state index in [9.17, 15) is 8.42 Å². The molecule has 0 radical (unpaired) electrons. The van der Waals surface area contributed by atoms with Gasteiger partial charge in [0.2, 0.25) is 10.0 Å². The van der Waals surface area contributed by atoms with Crippen molar-refractivity contribution in [2.75, 3.05) is 13.1 Å². The molecule has 2 heterocycles. The number of nitrogens with one attached hydrogen (secondary N) is 1. The minimum Gasteiger partial charge on any atom is -0.299 e. The number of piperidine rings is 1. The van der Waals surface area contributed by atoms with Crippen molar-refractivity contribution < 1.29 is 8.42 Å². The Bertz CT molecular complexity index is 704. The lowest BCUT2D eigenvalue weighted by Gasteiger charge is -2.26. The van der Waals surface area contributed by atoms with Gasteiger partial charge in [-0.05, 0) is 48.5 Å². The lowest BCUT2D eigenvalue weighted by molar-refractivity contribution is 0.221. The topological polar surface area (TPSA) is 49.4 Å². The second-order valence-corrected chi connectivity index (χ2v) is 8.85. The summed E-state index contributed by atoms with van der Waals surface area (Å²) in [5, 5.41) is 1.77. The van der Waals surface area contributed by atoms with E-state index in [0.717, 1.165) is 12.1 Å². The van der Waals surface area contributed by atoms with Crippen LogP contribution in [0.4, 0.5) is 0 Å². The van der Waals surface area contributed by atoms with Gasteiger partial charge in [0.25, 0.3) is 0 Å². The minimum atomic E-state index is -3.39. The first kappa shape index (κ1) is 16.6. The molecule has 0 bridgehead atoms. The first-order valence-corrected chi connectivity index (χ1v) is 10.3. The Kier molecular flexibility index (Phi) is 5.48. The molecular formula is C17H22N2O2S2. The van der Waals surface area contributed by atoms with Crippen molar-refractivity contribution in [3.63, 3.8) is 0 Å². The predicted octanol–water partition coefficient (Wildman–Crippen LogP) is 3.21. The van der Waals surface area contributed by atoms with Gasteiger partial charge < -0.3 is 0 Å². The molecule has 3 rings (SSSR count). The second-order valence-electron chi connectivity index (χ2n) is 5.91. The zero-order valence-electron chi connectivity index (χ0n) is 13.1. The van der Waals surface area contributed by atoms with Gasteiger partial charge in [-0.2, -0.15) is 0 Å². The molecule has 1 fully saturated rings. The molecule has 0 amide bonds. The fraction of sp³-hybridized carbons (Fsp3) is 0.412. The average molecular weight is 351 g/mol. The van der Waals surface area contributed by atoms with Crippen LogP contribution in [0.3, 0.4) is 0 Å². The van der Waals surface area contributed by atoms with Gasteiger partial charge in [0.15, 0.2) is 0 Å². The smallest absolute Gasteiger partial charge is 0.250 e. The molecule has 0 saturated carbocycles. The fourth-order valence-corrected chi connectivity index (χ4v) is 4.86. The zero-order chi connectivity index (χ0) is 16.1. The molecule has 1 aliphatic heterocycles. The molecule has 124 valence electrons. The van der Waals surface area contributed by atoms with Crippen LogP contribution in [0.25, 0.3) is 0 Å². The van der Waals surface area contributed by atoms with Crippen molar-refractivity contribution in [3.05, 3.63) is 52.9 Å². The van der Waals surface area contributed by atoms with Gasteiger partial charge in [-0.1, -0.05) is 36.8 Å². The predicted molar refractivity (Wildman–Crippen MR) is 93.9 cm³/mol. The van der Waals surface area contributed by atoms with Gasteiger partial charge in [0.1, 0.15) is 4.21 Å². The molecule has 0 unspecified atom stereocenters. The molecule has 1 saturated heterocycles. The van der Waals surface area contributed by atoms with Gasteiger partial charge in [0.05, 0.1) is 0 Å². The molecule has 4 nitrogen and oxygen atoms in total. The second kappa shape index (κ2) is 7.57. The molecule has 0 aliphatic carbocycles. The van der Waals surface area contributed by atoms with Gasteiger partial charge in [-0.15, -0.1) is 11.3 Å². The highest BCUT2D eigenvalue weighted by Gasteiger charge is 2.14. The van der Waals surface area contributed by atoms with Crippen molar-refractivity contribution in [2.24, 2.45) is 0 Å². The number of rotatable bonds is 6. The number of likely N-dealkylation sites (tertiary alicyclic amines) is 1. The number of benzene rings is 1. The van der Waals surface area contributed by atoms with Crippen LogP contribution < -0.4 is 4.72 Å². The maximum atomic E-state index is 12.1. The highest BCUT2D eigenvalue weighted by molar-refractivity contribution is 7.91. The summed E-state index contributed by atoms with van der Waals surface area (Å²) >= 11 is 1.23. The minimum absolute atomic E-state index is 0.324. The Labute approximate surface area is 142 Å². The largest absolute Gasteiger partial charge is 0.299 e. The molecular weight excluding hydrogens is 328 g/mol. The molecule has 1 aliphatic rings. The number of hydrogen-bond donors (Lipinski definition) is 1. The standard InChI is InChI=1S/C17H22N2O2S2/c20-23(21,17-5-4-12-22-17)18-13-15-6-8-16(9-7-15)14-19-10-2-1-3-11-19/h4-9,12,18H,1-3,10-11,13-14H2. The van der Waals surface area contributed by atoms with Crippen LogP contribution >= 0.6 is 11.3 Å². The third kappa shape index (κ3) is 4.64. The van der Waals surface area contributed by atoms with E-state index in [4.69, 9.17) is 0 Å². The Morgan fingerprint density at radius 2 is 1.70 bits per heavy atom. The van der Waals surface area contributed by atoms with E-state index in [-0.39, 0.29) is 0 Å². The molecule has 1 N–H and O–H groups in total. The van der Waals surface area contributed by atoms with Crippen LogP contribution in [0.15, 0.2) is 46.0 Å². The van der Waals surface area contributed by atoms with E-state index in [0.29, 0.717) is 10.8 Å². The Hall–Kier alpha value is -1.21. The lowest BCUT2D eigenvalue weighted by Crippen LogP contribution is -2.29. The summed E-state index contributed by atoms with van der Waals surface area (Å²) in [7, 11) is -3.39. The molecule has 0 atom stereocenters. The van der Waals surface area contributed by atoms with Gasteiger partial charge >= 0.3 is 0 Å². The van der Waals surface area contributed by atoms with Crippen LogP contribution in [-0.4, -0.2) is 26.4 Å². The van der Waals surface area contributed by atoms with Gasteiger partial charge in [-0.25, -0.2) is 13.1 Å². The summed E-state index contributed by atoms with van der Waals surface area (Å²) in [5.74, 6) is 0. The summed E-state index contributed by atoms with van der Waals surface area (Å²) < 4.78 is 27.2. The van der Waals surface area contributed by atoms with E-state index in [2.05, 4.69) is 21.8 Å². The van der Waals surface area contributed by atoms with Crippen LogP contribution in [0.1, 0.15) is 30.4 Å². The van der Waals surface area contributed by atoms with E-state index in [1.54, 1.807) is 17.5 Å². The third-order valence-electron chi connectivity index (χ3n) is 4.10. The molecule has 6 heteroatoms. The molecule has 1 aromatic heterocycles. The van der Waals surface area contributed by atoms with E-state index in [1.807, 2.05) is 12.1 Å². The molecule has 1 aromatic carbocycles. The summed E-state index contributed by atoms with van der Waals surface area (Å²) in [6, 6.07) is 11.6. The summed E-state index contributed by atoms with van der Waals surface area (Å²) in [4.78, 5) is 2.48. The summed E-state index contributed by atoms with van der Waals surface area (Å²) in [5.41, 5.74) is 2.27. The van der Waals surface area contributed by atoms with Crippen molar-refractivity contribution >= 4 is 21.4 Å². The first-order valence-electron chi connectivity index (χ1n) is 7.97. The maximum Gasteiger partial charge on any atom is 0.250 e. The highest BCUT2D eigenvalue weighted by atomic mass is 32.2. The quantitative estimate of drug-likeness (QED) is 0.870. The number of nitrogens with zero attached hydrogens (tertiary/aromatic N) is 1. The number of thiophene rings is 1. The van der Waals surface area contributed by atoms with Gasteiger partial charge in [0, 0.05) is 13.1 Å². The average Bonchev–Trinajstić information content (AvgIpc) is 3.11. The normalized spacial score (nSPS) is 16.5. The van der Waals surface area contributed by atoms with Crippen LogP contribution in [-0.2, 0) is 23.1 Å². The maximum absolute atomic E-state index is 12.1.